The van der Waals surface area contributed by atoms with E-state index < -0.39 is 10.0 Å². The largest absolute Gasteiger partial charge is 0.381 e. The first-order valence-corrected chi connectivity index (χ1v) is 12.8. The topological polar surface area (TPSA) is 84.5 Å². The quantitative estimate of drug-likeness (QED) is 0.503. The summed E-state index contributed by atoms with van der Waals surface area (Å²) in [6.45, 7) is 1.75. The zero-order valence-electron chi connectivity index (χ0n) is 18.2. The molecule has 8 heteroatoms. The highest BCUT2D eigenvalue weighted by Crippen LogP contribution is 2.35. The zero-order chi connectivity index (χ0) is 23.3. The Morgan fingerprint density at radius 2 is 1.67 bits per heavy atom. The fourth-order valence-electron chi connectivity index (χ4n) is 4.21. The normalized spacial score (nSPS) is 15.9. The molecule has 3 aromatic carbocycles. The number of hydrogen-bond donors (Lipinski definition) is 2. The Bertz CT molecular complexity index is 1220. The molecule has 0 unspecified atom stereocenters. The third kappa shape index (κ3) is 5.73. The molecule has 0 aliphatic carbocycles. The molecule has 1 heterocycles. The van der Waals surface area contributed by atoms with Crippen LogP contribution in [0, 0.1) is 0 Å². The first kappa shape index (κ1) is 23.7. The number of fused-ring (bicyclic) bond motifs is 1. The van der Waals surface area contributed by atoms with Gasteiger partial charge in [0.1, 0.15) is 0 Å². The molecule has 6 nitrogen and oxygen atoms in total. The van der Waals surface area contributed by atoms with Crippen molar-refractivity contribution in [3.63, 3.8) is 0 Å². The Balaban J connectivity index is 1.33. The van der Waals surface area contributed by atoms with Gasteiger partial charge in [-0.2, -0.15) is 0 Å². The molecular formula is C25H27ClN2O4S. The maximum Gasteiger partial charge on any atom is 0.240 e. The third-order valence-electron chi connectivity index (χ3n) is 6.21. The van der Waals surface area contributed by atoms with E-state index in [0.29, 0.717) is 24.8 Å². The van der Waals surface area contributed by atoms with Crippen molar-refractivity contribution in [3.8, 4) is 0 Å². The van der Waals surface area contributed by atoms with Gasteiger partial charge in [0.05, 0.1) is 4.90 Å². The van der Waals surface area contributed by atoms with Crippen molar-refractivity contribution in [3.05, 3.63) is 77.3 Å². The van der Waals surface area contributed by atoms with Gasteiger partial charge in [0, 0.05) is 43.2 Å². The Hall–Kier alpha value is -2.45. The van der Waals surface area contributed by atoms with E-state index >= 15 is 0 Å². The van der Waals surface area contributed by atoms with Gasteiger partial charge in [0.25, 0.3) is 0 Å². The molecular weight excluding hydrogens is 460 g/mol. The van der Waals surface area contributed by atoms with Gasteiger partial charge in [0.15, 0.2) is 0 Å². The lowest BCUT2D eigenvalue weighted by Gasteiger charge is -2.38. The van der Waals surface area contributed by atoms with E-state index in [4.69, 9.17) is 16.3 Å². The second kappa shape index (κ2) is 10.2. The van der Waals surface area contributed by atoms with Crippen LogP contribution in [0.1, 0.15) is 24.8 Å². The number of halogens is 1. The van der Waals surface area contributed by atoms with Crippen LogP contribution in [0.5, 0.6) is 0 Å². The Kier molecular flexibility index (Phi) is 7.34. The van der Waals surface area contributed by atoms with Crippen LogP contribution in [0.4, 0.5) is 0 Å². The average Bonchev–Trinajstić information content (AvgIpc) is 2.83. The number of benzene rings is 3. The highest BCUT2D eigenvalue weighted by Gasteiger charge is 2.34. The second-order valence-corrected chi connectivity index (χ2v) is 10.5. The molecule has 1 aliphatic heterocycles. The maximum atomic E-state index is 12.7. The van der Waals surface area contributed by atoms with Crippen LogP contribution < -0.4 is 10.0 Å². The van der Waals surface area contributed by atoms with Crippen LogP contribution in [0.15, 0.2) is 71.6 Å². The minimum absolute atomic E-state index is 0.0258. The number of carbonyl (C=O) groups excluding carboxylic acids is 1. The van der Waals surface area contributed by atoms with Crippen LogP contribution >= 0.6 is 11.6 Å². The predicted octanol–water partition coefficient (Wildman–Crippen LogP) is 4.03. The molecule has 4 rings (SSSR count). The Labute approximate surface area is 199 Å². The Morgan fingerprint density at radius 1 is 0.970 bits per heavy atom. The summed E-state index contributed by atoms with van der Waals surface area (Å²) in [5.41, 5.74) is 0.899. The molecule has 3 aromatic rings. The minimum atomic E-state index is -3.70. The summed E-state index contributed by atoms with van der Waals surface area (Å²) in [6, 6.07) is 20.3. The maximum absolute atomic E-state index is 12.7. The van der Waals surface area contributed by atoms with Gasteiger partial charge in [-0.05, 0) is 53.4 Å². The summed E-state index contributed by atoms with van der Waals surface area (Å²) in [6.07, 6.45) is 1.65. The van der Waals surface area contributed by atoms with Crippen LogP contribution in [0.2, 0.25) is 5.02 Å². The lowest BCUT2D eigenvalue weighted by atomic mass is 9.74. The van der Waals surface area contributed by atoms with Crippen molar-refractivity contribution in [1.82, 2.24) is 10.0 Å². The highest BCUT2D eigenvalue weighted by atomic mass is 35.5. The van der Waals surface area contributed by atoms with Crippen molar-refractivity contribution in [2.45, 2.75) is 29.6 Å². The molecule has 33 heavy (non-hydrogen) atoms. The fourth-order valence-corrected chi connectivity index (χ4v) is 5.40. The highest BCUT2D eigenvalue weighted by molar-refractivity contribution is 7.89. The number of nitrogens with one attached hydrogen (secondary N) is 2. The molecule has 174 valence electrons. The van der Waals surface area contributed by atoms with Crippen molar-refractivity contribution in [1.29, 1.82) is 0 Å². The predicted molar refractivity (Wildman–Crippen MR) is 130 cm³/mol. The van der Waals surface area contributed by atoms with Crippen molar-refractivity contribution < 1.29 is 17.9 Å². The van der Waals surface area contributed by atoms with Gasteiger partial charge in [-0.25, -0.2) is 13.1 Å². The summed E-state index contributed by atoms with van der Waals surface area (Å²) >= 11 is 6.04. The average molecular weight is 487 g/mol. The SMILES string of the molecule is O=C(CCNS(=O)(=O)c1ccc2ccccc2c1)NCC1(c2ccc(Cl)cc2)CCOCC1. The molecule has 0 atom stereocenters. The lowest BCUT2D eigenvalue weighted by Crippen LogP contribution is -2.45. The summed E-state index contributed by atoms with van der Waals surface area (Å²) in [4.78, 5) is 12.7. The standard InChI is InChI=1S/C25H27ClN2O4S/c26-22-8-6-21(7-9-22)25(12-15-32-16-13-25)18-27-24(29)11-14-28-33(30,31)23-10-5-19-3-1-2-4-20(19)17-23/h1-10,17,28H,11-16,18H2,(H,27,29). The molecule has 0 spiro atoms. The van der Waals surface area contributed by atoms with E-state index in [2.05, 4.69) is 10.0 Å². The van der Waals surface area contributed by atoms with Crippen LogP contribution in [0.25, 0.3) is 10.8 Å². The summed E-state index contributed by atoms with van der Waals surface area (Å²) in [5.74, 6) is -0.198. The van der Waals surface area contributed by atoms with Gasteiger partial charge < -0.3 is 10.1 Å². The van der Waals surface area contributed by atoms with Gasteiger partial charge in [-0.15, -0.1) is 0 Å². The second-order valence-electron chi connectivity index (χ2n) is 8.33. The van der Waals surface area contributed by atoms with E-state index in [9.17, 15) is 13.2 Å². The van der Waals surface area contributed by atoms with E-state index in [-0.39, 0.29) is 29.2 Å². The molecule has 1 aliphatic rings. The summed E-state index contributed by atoms with van der Waals surface area (Å²) in [5, 5.41) is 5.48. The third-order valence-corrected chi connectivity index (χ3v) is 7.92. The van der Waals surface area contributed by atoms with Gasteiger partial charge in [-0.3, -0.25) is 4.79 Å². The smallest absolute Gasteiger partial charge is 0.240 e. The van der Waals surface area contributed by atoms with E-state index in [1.54, 1.807) is 18.2 Å². The summed E-state index contributed by atoms with van der Waals surface area (Å²) in [7, 11) is -3.70. The lowest BCUT2D eigenvalue weighted by molar-refractivity contribution is -0.121. The molecule has 0 saturated carbocycles. The van der Waals surface area contributed by atoms with E-state index in [0.717, 1.165) is 29.2 Å². The van der Waals surface area contributed by atoms with Gasteiger partial charge >= 0.3 is 0 Å². The van der Waals surface area contributed by atoms with Crippen LogP contribution in [-0.4, -0.2) is 40.6 Å². The first-order valence-electron chi connectivity index (χ1n) is 11.0. The minimum Gasteiger partial charge on any atom is -0.381 e. The number of carbonyl (C=O) groups is 1. The van der Waals surface area contributed by atoms with Crippen LogP contribution in [0.3, 0.4) is 0 Å². The number of amides is 1. The molecule has 0 bridgehead atoms. The molecule has 1 amide bonds. The Morgan fingerprint density at radius 3 is 2.39 bits per heavy atom. The van der Waals surface area contributed by atoms with Gasteiger partial charge in [0.2, 0.25) is 15.9 Å². The number of ether oxygens (including phenoxy) is 1. The first-order chi connectivity index (χ1) is 15.9. The molecule has 0 aromatic heterocycles. The molecule has 2 N–H and O–H groups in total. The number of hydrogen-bond acceptors (Lipinski definition) is 4. The van der Waals surface area contributed by atoms with Gasteiger partial charge in [-0.1, -0.05) is 54.1 Å². The van der Waals surface area contributed by atoms with E-state index in [1.165, 1.54) is 0 Å². The van der Waals surface area contributed by atoms with Crippen molar-refractivity contribution in [2.24, 2.45) is 0 Å². The summed E-state index contributed by atoms with van der Waals surface area (Å²) < 4.78 is 33.4. The number of sulfonamides is 1. The molecule has 0 radical (unpaired) electrons. The van der Waals surface area contributed by atoms with Crippen molar-refractivity contribution in [2.75, 3.05) is 26.3 Å². The van der Waals surface area contributed by atoms with Crippen LogP contribution in [-0.2, 0) is 25.0 Å². The fraction of sp³-hybridized carbons (Fsp3) is 0.320. The monoisotopic (exact) mass is 486 g/mol. The zero-order valence-corrected chi connectivity index (χ0v) is 19.8. The number of rotatable bonds is 8. The van der Waals surface area contributed by atoms with E-state index in [1.807, 2.05) is 48.5 Å². The molecule has 1 fully saturated rings. The van der Waals surface area contributed by atoms with Crippen molar-refractivity contribution >= 4 is 38.3 Å². The molecule has 1 saturated heterocycles.